The minimum Gasteiger partial charge on any atom is -0.357 e. The summed E-state index contributed by atoms with van der Waals surface area (Å²) in [6, 6.07) is 11.1. The lowest BCUT2D eigenvalue weighted by Gasteiger charge is -2.32. The number of benzene rings is 1. The van der Waals surface area contributed by atoms with E-state index in [1.807, 2.05) is 12.3 Å². The molecule has 0 radical (unpaired) electrons. The quantitative estimate of drug-likeness (QED) is 0.715. The van der Waals surface area contributed by atoms with Crippen LogP contribution in [-0.2, 0) is 0 Å². The average molecular weight is 318 g/mol. The van der Waals surface area contributed by atoms with Gasteiger partial charge in [0.2, 0.25) is 0 Å². The molecule has 0 bridgehead atoms. The molecule has 0 aliphatic heterocycles. The summed E-state index contributed by atoms with van der Waals surface area (Å²) in [6.07, 6.45) is 11.9. The molecule has 1 aromatic carbocycles. The molecule has 122 valence electrons. The minimum atomic E-state index is 0.615. The summed E-state index contributed by atoms with van der Waals surface area (Å²) in [6.45, 7) is 0. The molecule has 24 heavy (non-hydrogen) atoms. The molecule has 2 aromatic heterocycles. The monoisotopic (exact) mass is 318 g/mol. The van der Waals surface area contributed by atoms with Crippen molar-refractivity contribution in [2.24, 2.45) is 0 Å². The fourth-order valence-corrected chi connectivity index (χ4v) is 3.59. The number of hydrogen-bond donors (Lipinski definition) is 0. The van der Waals surface area contributed by atoms with Crippen LogP contribution >= 0.6 is 0 Å². The molecule has 1 fully saturated rings. The van der Waals surface area contributed by atoms with Gasteiger partial charge in [0.05, 0.1) is 11.0 Å². The third kappa shape index (κ3) is 2.96. The van der Waals surface area contributed by atoms with Crippen LogP contribution in [0.3, 0.4) is 0 Å². The Hall–Kier alpha value is -2.49. The molecule has 3 aromatic rings. The van der Waals surface area contributed by atoms with Gasteiger partial charge >= 0.3 is 0 Å². The van der Waals surface area contributed by atoms with Crippen LogP contribution < -0.4 is 4.90 Å². The molecule has 1 saturated carbocycles. The smallest absolute Gasteiger partial charge is 0.129 e. The van der Waals surface area contributed by atoms with Crippen molar-refractivity contribution >= 4 is 16.9 Å². The van der Waals surface area contributed by atoms with E-state index in [0.717, 1.165) is 22.4 Å². The Bertz CT molecular complexity index is 840. The second-order valence-corrected chi connectivity index (χ2v) is 6.57. The highest BCUT2D eigenvalue weighted by molar-refractivity contribution is 5.81. The molecule has 0 unspecified atom stereocenters. The fraction of sp³-hybridized carbons (Fsp3) is 0.350. The summed E-state index contributed by atoms with van der Waals surface area (Å²) < 4.78 is 0. The number of aromatic nitrogens is 3. The second-order valence-electron chi connectivity index (χ2n) is 6.57. The van der Waals surface area contributed by atoms with Gasteiger partial charge in [0.15, 0.2) is 0 Å². The summed E-state index contributed by atoms with van der Waals surface area (Å²) >= 11 is 0. The molecule has 0 atom stereocenters. The molecule has 2 heterocycles. The number of rotatable bonds is 3. The number of nitrogens with zero attached hydrogens (tertiary/aromatic N) is 4. The van der Waals surface area contributed by atoms with Gasteiger partial charge < -0.3 is 4.90 Å². The van der Waals surface area contributed by atoms with Gasteiger partial charge in [-0.2, -0.15) is 0 Å². The third-order valence-electron chi connectivity index (χ3n) is 5.03. The van der Waals surface area contributed by atoms with Gasteiger partial charge in [0, 0.05) is 31.7 Å². The Labute approximate surface area is 142 Å². The second kappa shape index (κ2) is 6.56. The highest BCUT2D eigenvalue weighted by Crippen LogP contribution is 2.28. The number of fused-ring (bicyclic) bond motifs is 1. The average Bonchev–Trinajstić information content (AvgIpc) is 2.68. The van der Waals surface area contributed by atoms with E-state index in [-0.39, 0.29) is 0 Å². The fourth-order valence-electron chi connectivity index (χ4n) is 3.59. The van der Waals surface area contributed by atoms with E-state index in [1.54, 1.807) is 12.4 Å². The van der Waals surface area contributed by atoms with Crippen molar-refractivity contribution in [3.05, 3.63) is 48.9 Å². The standard InChI is InChI=1S/C20H22N4/c1-24(17-5-3-2-4-6-17)20-14-16(9-10-23-20)15-7-8-18-19(13-15)22-12-11-21-18/h7-14,17H,2-6H2,1H3. The van der Waals surface area contributed by atoms with Crippen molar-refractivity contribution in [2.75, 3.05) is 11.9 Å². The largest absolute Gasteiger partial charge is 0.357 e. The van der Waals surface area contributed by atoms with Crippen LogP contribution in [0.5, 0.6) is 0 Å². The van der Waals surface area contributed by atoms with Crippen molar-refractivity contribution in [1.29, 1.82) is 0 Å². The van der Waals surface area contributed by atoms with Gasteiger partial charge in [0.25, 0.3) is 0 Å². The normalized spacial score (nSPS) is 15.5. The minimum absolute atomic E-state index is 0.615. The van der Waals surface area contributed by atoms with Crippen LogP contribution in [0, 0.1) is 0 Å². The summed E-state index contributed by atoms with van der Waals surface area (Å²) in [4.78, 5) is 15.7. The Morgan fingerprint density at radius 3 is 2.38 bits per heavy atom. The lowest BCUT2D eigenvalue weighted by molar-refractivity contribution is 0.426. The Morgan fingerprint density at radius 1 is 0.792 bits per heavy atom. The first-order valence-corrected chi connectivity index (χ1v) is 8.71. The van der Waals surface area contributed by atoms with E-state index in [4.69, 9.17) is 0 Å². The summed E-state index contributed by atoms with van der Waals surface area (Å²) in [5, 5.41) is 0. The number of anilines is 1. The van der Waals surface area contributed by atoms with Crippen LogP contribution in [0.25, 0.3) is 22.2 Å². The SMILES string of the molecule is CN(c1cc(-c2ccc3nccnc3c2)ccn1)C1CCCCC1. The number of hydrogen-bond acceptors (Lipinski definition) is 4. The molecule has 4 nitrogen and oxygen atoms in total. The van der Waals surface area contributed by atoms with Gasteiger partial charge in [-0.1, -0.05) is 25.3 Å². The maximum atomic E-state index is 4.60. The first-order valence-electron chi connectivity index (χ1n) is 8.71. The first-order chi connectivity index (χ1) is 11.8. The number of pyridine rings is 1. The van der Waals surface area contributed by atoms with E-state index in [2.05, 4.69) is 51.2 Å². The summed E-state index contributed by atoms with van der Waals surface area (Å²) in [7, 11) is 2.17. The molecule has 4 heteroatoms. The van der Waals surface area contributed by atoms with E-state index in [9.17, 15) is 0 Å². The van der Waals surface area contributed by atoms with Gasteiger partial charge in [-0.15, -0.1) is 0 Å². The molecule has 0 amide bonds. The lowest BCUT2D eigenvalue weighted by atomic mass is 9.94. The molecule has 1 aliphatic carbocycles. The van der Waals surface area contributed by atoms with Crippen molar-refractivity contribution in [1.82, 2.24) is 15.0 Å². The van der Waals surface area contributed by atoms with Crippen LogP contribution in [0.1, 0.15) is 32.1 Å². The first kappa shape index (κ1) is 15.1. The highest BCUT2D eigenvalue weighted by atomic mass is 15.2. The Balaban J connectivity index is 1.65. The topological polar surface area (TPSA) is 41.9 Å². The van der Waals surface area contributed by atoms with Gasteiger partial charge in [0.1, 0.15) is 5.82 Å². The predicted octanol–water partition coefficient (Wildman–Crippen LogP) is 4.46. The zero-order chi connectivity index (χ0) is 16.4. The van der Waals surface area contributed by atoms with Crippen LogP contribution in [0.4, 0.5) is 5.82 Å². The lowest BCUT2D eigenvalue weighted by Crippen LogP contribution is -2.33. The van der Waals surface area contributed by atoms with Gasteiger partial charge in [-0.25, -0.2) is 4.98 Å². The maximum Gasteiger partial charge on any atom is 0.129 e. The van der Waals surface area contributed by atoms with Crippen molar-refractivity contribution in [3.63, 3.8) is 0 Å². The summed E-state index contributed by atoms with van der Waals surface area (Å²) in [5.74, 6) is 1.05. The third-order valence-corrected chi connectivity index (χ3v) is 5.03. The molecular weight excluding hydrogens is 296 g/mol. The van der Waals surface area contributed by atoms with Crippen LogP contribution in [-0.4, -0.2) is 28.0 Å². The van der Waals surface area contributed by atoms with Crippen molar-refractivity contribution in [3.8, 4) is 11.1 Å². The van der Waals surface area contributed by atoms with Crippen LogP contribution in [0.2, 0.25) is 0 Å². The molecular formula is C20H22N4. The Morgan fingerprint density at radius 2 is 1.54 bits per heavy atom. The molecule has 4 rings (SSSR count). The predicted molar refractivity (Wildman–Crippen MR) is 98.0 cm³/mol. The van der Waals surface area contributed by atoms with Crippen molar-refractivity contribution < 1.29 is 0 Å². The van der Waals surface area contributed by atoms with E-state index in [1.165, 1.54) is 37.7 Å². The molecule has 0 saturated heterocycles. The van der Waals surface area contributed by atoms with Gasteiger partial charge in [-0.05, 0) is 48.2 Å². The van der Waals surface area contributed by atoms with E-state index < -0.39 is 0 Å². The van der Waals surface area contributed by atoms with E-state index >= 15 is 0 Å². The van der Waals surface area contributed by atoms with Gasteiger partial charge in [-0.3, -0.25) is 9.97 Å². The summed E-state index contributed by atoms with van der Waals surface area (Å²) in [5.41, 5.74) is 4.18. The maximum absolute atomic E-state index is 4.60. The zero-order valence-corrected chi connectivity index (χ0v) is 14.0. The molecule has 0 N–H and O–H groups in total. The molecule has 0 spiro atoms. The van der Waals surface area contributed by atoms with Crippen LogP contribution in [0.15, 0.2) is 48.9 Å². The highest BCUT2D eigenvalue weighted by Gasteiger charge is 2.19. The Kier molecular flexibility index (Phi) is 4.11. The van der Waals surface area contributed by atoms with Crippen molar-refractivity contribution in [2.45, 2.75) is 38.1 Å². The zero-order valence-electron chi connectivity index (χ0n) is 14.0. The molecule has 1 aliphatic rings. The van der Waals surface area contributed by atoms with E-state index in [0.29, 0.717) is 6.04 Å².